The molecule has 2 atom stereocenters. The van der Waals surface area contributed by atoms with Crippen LogP contribution in [0.15, 0.2) is 52.7 Å². The number of carboxylic acid groups (broad SMARTS) is 1. The van der Waals surface area contributed by atoms with Gasteiger partial charge in [-0.05, 0) is 73.6 Å². The van der Waals surface area contributed by atoms with Gasteiger partial charge in [0, 0.05) is 23.7 Å². The van der Waals surface area contributed by atoms with Gasteiger partial charge in [-0.2, -0.15) is 4.31 Å². The quantitative estimate of drug-likeness (QED) is 0.269. The van der Waals surface area contributed by atoms with Gasteiger partial charge in [-0.3, -0.25) is 9.59 Å². The lowest BCUT2D eigenvalue weighted by atomic mass is 9.76. The number of hydrogen-bond acceptors (Lipinski definition) is 7. The molecule has 2 saturated heterocycles. The highest BCUT2D eigenvalue weighted by Crippen LogP contribution is 2.44. The number of hydrogen-bond donors (Lipinski definition) is 3. The van der Waals surface area contributed by atoms with E-state index >= 15 is 0 Å². The Kier molecular flexibility index (Phi) is 9.12. The Bertz CT molecular complexity index is 1600. The van der Waals surface area contributed by atoms with E-state index in [1.165, 1.54) is 28.6 Å². The van der Waals surface area contributed by atoms with Crippen molar-refractivity contribution in [2.45, 2.75) is 54.4 Å². The van der Waals surface area contributed by atoms with Gasteiger partial charge in [-0.1, -0.05) is 46.9 Å². The standard InChI is InChI=1S/C27H25Cl3N4O6S2/c28-20-12-16(13-21(29)33-20)25(35)31-17-5-1-14(2-6-17)11-19(27(37)38)32-26(36)24-15-3-7-18(8-4-15)34(24)42(39,40)23-10-9-22(30)41-23/h1-2,5-6,9-10,12-13,15,18-19,24H,3-4,7-8,11H2,(H,31,35)(H,32,36)(H,37,38)/t15?,18?,19-,24?/m0/s1. The highest BCUT2D eigenvalue weighted by Gasteiger charge is 2.51. The molecule has 2 aromatic heterocycles. The number of aromatic nitrogens is 1. The molecule has 2 amide bonds. The van der Waals surface area contributed by atoms with Gasteiger partial charge in [0.05, 0.1) is 4.34 Å². The third-order valence-corrected chi connectivity index (χ3v) is 11.5. The molecule has 4 heterocycles. The summed E-state index contributed by atoms with van der Waals surface area (Å²) in [6.45, 7) is 0. The molecular formula is C27H25Cl3N4O6S2. The summed E-state index contributed by atoms with van der Waals surface area (Å²) in [4.78, 5) is 42.1. The molecule has 1 aromatic carbocycles. The number of sulfonamides is 1. The summed E-state index contributed by atoms with van der Waals surface area (Å²) in [5.41, 5.74) is 1.24. The predicted octanol–water partition coefficient (Wildman–Crippen LogP) is 5.10. The summed E-state index contributed by atoms with van der Waals surface area (Å²) in [5, 5.41) is 15.4. The van der Waals surface area contributed by atoms with Crippen LogP contribution in [0.3, 0.4) is 0 Å². The van der Waals surface area contributed by atoms with E-state index in [9.17, 15) is 27.9 Å². The number of carbonyl (C=O) groups is 3. The number of piperidine rings is 2. The van der Waals surface area contributed by atoms with E-state index in [0.717, 1.165) is 11.3 Å². The van der Waals surface area contributed by atoms with Crippen molar-refractivity contribution in [2.24, 2.45) is 5.92 Å². The van der Waals surface area contributed by atoms with Crippen LogP contribution in [-0.2, 0) is 26.0 Å². The van der Waals surface area contributed by atoms with Crippen molar-refractivity contribution in [3.63, 3.8) is 0 Å². The Morgan fingerprint density at radius 1 is 1.00 bits per heavy atom. The lowest BCUT2D eigenvalue weighted by molar-refractivity contribution is -0.143. The number of carbonyl (C=O) groups excluding carboxylic acids is 2. The molecule has 6 rings (SSSR count). The predicted molar refractivity (Wildman–Crippen MR) is 160 cm³/mol. The Morgan fingerprint density at radius 2 is 1.64 bits per heavy atom. The fourth-order valence-corrected chi connectivity index (χ4v) is 9.48. The molecule has 3 aliphatic rings. The molecule has 42 heavy (non-hydrogen) atoms. The minimum atomic E-state index is -4.01. The summed E-state index contributed by atoms with van der Waals surface area (Å²) in [6.07, 6.45) is 2.59. The van der Waals surface area contributed by atoms with Crippen molar-refractivity contribution in [1.82, 2.24) is 14.6 Å². The van der Waals surface area contributed by atoms with Gasteiger partial charge in [0.25, 0.3) is 15.9 Å². The summed E-state index contributed by atoms with van der Waals surface area (Å²) in [5.74, 6) is -2.58. The van der Waals surface area contributed by atoms with Crippen LogP contribution in [0.4, 0.5) is 5.69 Å². The second-order valence-corrected chi connectivity index (χ2v) is 14.7. The van der Waals surface area contributed by atoms with Crippen LogP contribution in [0.2, 0.25) is 14.6 Å². The van der Waals surface area contributed by atoms with Crippen molar-refractivity contribution in [1.29, 1.82) is 0 Å². The van der Waals surface area contributed by atoms with E-state index in [-0.39, 0.29) is 38.5 Å². The van der Waals surface area contributed by atoms with Crippen molar-refractivity contribution in [2.75, 3.05) is 5.32 Å². The summed E-state index contributed by atoms with van der Waals surface area (Å²) in [6, 6.07) is 9.45. The third-order valence-electron chi connectivity index (χ3n) is 7.46. The first-order chi connectivity index (χ1) is 19.9. The number of nitrogens with one attached hydrogen (secondary N) is 2. The number of aliphatic carboxylic acids is 1. The number of nitrogens with zero attached hydrogens (tertiary/aromatic N) is 2. The molecule has 3 fully saturated rings. The number of rotatable bonds is 9. The van der Waals surface area contributed by atoms with E-state index in [1.807, 2.05) is 0 Å². The molecule has 0 spiro atoms. The molecule has 15 heteroatoms. The van der Waals surface area contributed by atoms with E-state index in [2.05, 4.69) is 15.6 Å². The van der Waals surface area contributed by atoms with Crippen molar-refractivity contribution in [3.8, 4) is 0 Å². The van der Waals surface area contributed by atoms with Crippen LogP contribution in [0.25, 0.3) is 0 Å². The molecule has 1 unspecified atom stereocenters. The molecule has 0 radical (unpaired) electrons. The number of fused-ring (bicyclic) bond motifs is 3. The fourth-order valence-electron chi connectivity index (χ4n) is 5.54. The molecule has 3 aromatic rings. The highest BCUT2D eigenvalue weighted by molar-refractivity contribution is 7.91. The topological polar surface area (TPSA) is 146 Å². The summed E-state index contributed by atoms with van der Waals surface area (Å²) in [7, 11) is -4.01. The lowest BCUT2D eigenvalue weighted by Gasteiger charge is -2.49. The van der Waals surface area contributed by atoms with Crippen LogP contribution in [0.5, 0.6) is 0 Å². The first-order valence-corrected chi connectivity index (χ1v) is 16.4. The molecule has 1 saturated carbocycles. The molecule has 2 aliphatic heterocycles. The maximum atomic E-state index is 13.6. The maximum absolute atomic E-state index is 13.6. The van der Waals surface area contributed by atoms with Gasteiger partial charge >= 0.3 is 5.97 Å². The lowest BCUT2D eigenvalue weighted by Crippen LogP contribution is -2.63. The minimum Gasteiger partial charge on any atom is -0.480 e. The van der Waals surface area contributed by atoms with Gasteiger partial charge in [0.1, 0.15) is 26.6 Å². The second kappa shape index (κ2) is 12.5. The zero-order chi connectivity index (χ0) is 30.2. The van der Waals surface area contributed by atoms with Crippen molar-refractivity contribution >= 4 is 79.6 Å². The van der Waals surface area contributed by atoms with Crippen LogP contribution < -0.4 is 10.6 Å². The van der Waals surface area contributed by atoms with E-state index in [4.69, 9.17) is 34.8 Å². The van der Waals surface area contributed by atoms with E-state index < -0.39 is 39.9 Å². The first kappa shape index (κ1) is 30.7. The van der Waals surface area contributed by atoms with Crippen LogP contribution in [0, 0.1) is 5.92 Å². The Balaban J connectivity index is 1.29. The van der Waals surface area contributed by atoms with Gasteiger partial charge in [-0.25, -0.2) is 18.2 Å². The average molecular weight is 672 g/mol. The second-order valence-electron chi connectivity index (χ2n) is 10.2. The monoisotopic (exact) mass is 670 g/mol. The number of carboxylic acids is 1. The van der Waals surface area contributed by atoms with E-state index in [1.54, 1.807) is 24.3 Å². The summed E-state index contributed by atoms with van der Waals surface area (Å²) >= 11 is 18.6. The number of thiophene rings is 1. The van der Waals surface area contributed by atoms with Gasteiger partial charge in [0.2, 0.25) is 5.91 Å². The number of halogens is 3. The van der Waals surface area contributed by atoms with Gasteiger partial charge in [0.15, 0.2) is 0 Å². The van der Waals surface area contributed by atoms with Crippen molar-refractivity contribution in [3.05, 3.63) is 74.3 Å². The highest BCUT2D eigenvalue weighted by atomic mass is 35.5. The van der Waals surface area contributed by atoms with Gasteiger partial charge < -0.3 is 15.7 Å². The average Bonchev–Trinajstić information content (AvgIpc) is 3.40. The fraction of sp³-hybridized carbons (Fsp3) is 0.333. The largest absolute Gasteiger partial charge is 0.480 e. The Labute approximate surface area is 261 Å². The smallest absolute Gasteiger partial charge is 0.326 e. The van der Waals surface area contributed by atoms with Crippen LogP contribution >= 0.6 is 46.1 Å². The zero-order valence-corrected chi connectivity index (χ0v) is 25.7. The van der Waals surface area contributed by atoms with Crippen molar-refractivity contribution < 1.29 is 27.9 Å². The SMILES string of the molecule is O=C(Nc1ccc(C[C@H](NC(=O)C2C3CCC(CC3)N2S(=O)(=O)c2ccc(Cl)s2)C(=O)O)cc1)c1cc(Cl)nc(Cl)c1. The third kappa shape index (κ3) is 6.58. The maximum Gasteiger partial charge on any atom is 0.326 e. The number of benzene rings is 1. The molecule has 3 N–H and O–H groups in total. The Morgan fingerprint density at radius 3 is 2.21 bits per heavy atom. The van der Waals surface area contributed by atoms with E-state index in [0.29, 0.717) is 41.3 Å². The summed E-state index contributed by atoms with van der Waals surface area (Å²) < 4.78 is 28.8. The molecule has 1 aliphatic carbocycles. The minimum absolute atomic E-state index is 0.0509. The van der Waals surface area contributed by atoms with Gasteiger partial charge in [-0.15, -0.1) is 11.3 Å². The Hall–Kier alpha value is -2.74. The molecule has 2 bridgehead atoms. The van der Waals surface area contributed by atoms with Crippen LogP contribution in [-0.4, -0.2) is 58.7 Å². The number of pyridine rings is 1. The number of anilines is 1. The molecular weight excluding hydrogens is 647 g/mol. The number of amides is 2. The first-order valence-electron chi connectivity index (χ1n) is 13.0. The molecule has 222 valence electrons. The zero-order valence-electron chi connectivity index (χ0n) is 21.8. The normalized spacial score (nSPS) is 21.1. The molecule has 10 nitrogen and oxygen atoms in total. The van der Waals surface area contributed by atoms with Crippen LogP contribution in [0.1, 0.15) is 41.6 Å².